The molecule has 5 rings (SSSR count). The summed E-state index contributed by atoms with van der Waals surface area (Å²) in [7, 11) is 4.19. The van der Waals surface area contributed by atoms with Crippen molar-refractivity contribution in [3.8, 4) is 22.8 Å². The highest BCUT2D eigenvalue weighted by atomic mass is 19.3. The number of pyridine rings is 1. The summed E-state index contributed by atoms with van der Waals surface area (Å²) in [5.74, 6) is -0.0295. The maximum Gasteiger partial charge on any atom is 0.314 e. The Hall–Kier alpha value is -4.12. The van der Waals surface area contributed by atoms with Gasteiger partial charge in [-0.25, -0.2) is 0 Å². The lowest BCUT2D eigenvalue weighted by Gasteiger charge is -2.38. The first-order valence-electron chi connectivity index (χ1n) is 12.3. The van der Waals surface area contributed by atoms with Crippen LogP contribution in [0, 0.1) is 0 Å². The Morgan fingerprint density at radius 1 is 1.11 bits per heavy atom. The molecule has 0 atom stereocenters. The predicted molar refractivity (Wildman–Crippen MR) is 138 cm³/mol. The molecule has 4 aromatic rings. The summed E-state index contributed by atoms with van der Waals surface area (Å²) in [5.41, 5.74) is 3.61. The third kappa shape index (κ3) is 5.42. The predicted octanol–water partition coefficient (Wildman–Crippen LogP) is 5.02. The monoisotopic (exact) mass is 522 g/mol. The van der Waals surface area contributed by atoms with Gasteiger partial charge in [0.1, 0.15) is 5.76 Å². The van der Waals surface area contributed by atoms with E-state index < -0.39 is 12.3 Å². The Kier molecular flexibility index (Phi) is 7.45. The standard InChI is InChI=1S/C27H28F2N6O3/c1-33-11-9-21(10-12-33)34(2)23-14-18(24-4-3-13-37-24)6-8-22(23)35(17-36)16-20-7-5-19(15-30-20)26-31-32-27(38-26)25(28)29/h3-8,13-15,17,21,25H,9-12,16H2,1-2H3. The van der Waals surface area contributed by atoms with Crippen LogP contribution in [0.2, 0.25) is 0 Å². The molecule has 0 unspecified atom stereocenters. The first-order chi connectivity index (χ1) is 18.4. The van der Waals surface area contributed by atoms with Crippen LogP contribution in [-0.4, -0.2) is 59.7 Å². The van der Waals surface area contributed by atoms with E-state index in [0.29, 0.717) is 17.3 Å². The van der Waals surface area contributed by atoms with Crippen molar-refractivity contribution in [1.29, 1.82) is 0 Å². The first-order valence-corrected chi connectivity index (χ1v) is 12.3. The minimum absolute atomic E-state index is 0.0397. The van der Waals surface area contributed by atoms with Crippen molar-refractivity contribution in [3.63, 3.8) is 0 Å². The fraction of sp³-hybridized carbons (Fsp3) is 0.333. The van der Waals surface area contributed by atoms with Crippen LogP contribution in [0.3, 0.4) is 0 Å². The molecule has 1 fully saturated rings. The lowest BCUT2D eigenvalue weighted by atomic mass is 10.0. The van der Waals surface area contributed by atoms with Crippen molar-refractivity contribution in [2.45, 2.75) is 31.9 Å². The summed E-state index contributed by atoms with van der Waals surface area (Å²) in [6, 6.07) is 13.3. The van der Waals surface area contributed by atoms with E-state index in [1.54, 1.807) is 23.3 Å². The number of benzene rings is 1. The molecule has 1 aromatic carbocycles. The largest absolute Gasteiger partial charge is 0.464 e. The van der Waals surface area contributed by atoms with Gasteiger partial charge >= 0.3 is 6.43 Å². The Morgan fingerprint density at radius 3 is 2.53 bits per heavy atom. The second-order valence-corrected chi connectivity index (χ2v) is 9.34. The van der Waals surface area contributed by atoms with Gasteiger partial charge in [-0.2, -0.15) is 8.78 Å². The molecule has 9 nitrogen and oxygen atoms in total. The van der Waals surface area contributed by atoms with E-state index >= 15 is 0 Å². The molecule has 0 spiro atoms. The second kappa shape index (κ2) is 11.1. The maximum atomic E-state index is 12.8. The number of anilines is 2. The Labute approximate surface area is 218 Å². The van der Waals surface area contributed by atoms with Crippen molar-refractivity contribution < 1.29 is 22.4 Å². The fourth-order valence-electron chi connectivity index (χ4n) is 4.66. The summed E-state index contributed by atoms with van der Waals surface area (Å²) in [6.07, 6.45) is 3.09. The molecule has 0 bridgehead atoms. The molecule has 0 aliphatic carbocycles. The van der Waals surface area contributed by atoms with Gasteiger partial charge in [0, 0.05) is 24.8 Å². The zero-order chi connectivity index (χ0) is 26.6. The Bertz CT molecular complexity index is 1350. The third-order valence-corrected chi connectivity index (χ3v) is 6.86. The quantitative estimate of drug-likeness (QED) is 0.283. The zero-order valence-corrected chi connectivity index (χ0v) is 21.1. The van der Waals surface area contributed by atoms with Crippen LogP contribution in [0.4, 0.5) is 20.2 Å². The van der Waals surface area contributed by atoms with Crippen LogP contribution in [0.1, 0.15) is 30.9 Å². The van der Waals surface area contributed by atoms with Gasteiger partial charge in [-0.15, -0.1) is 10.2 Å². The van der Waals surface area contributed by atoms with E-state index in [1.807, 2.05) is 24.3 Å². The second-order valence-electron chi connectivity index (χ2n) is 9.34. The van der Waals surface area contributed by atoms with Gasteiger partial charge in [-0.3, -0.25) is 9.78 Å². The summed E-state index contributed by atoms with van der Waals surface area (Å²) in [4.78, 5) is 22.9. The molecule has 11 heteroatoms. The third-order valence-electron chi connectivity index (χ3n) is 6.86. The molecule has 38 heavy (non-hydrogen) atoms. The van der Waals surface area contributed by atoms with Crippen molar-refractivity contribution in [1.82, 2.24) is 20.1 Å². The van der Waals surface area contributed by atoms with E-state index in [2.05, 4.69) is 45.1 Å². The normalized spacial score (nSPS) is 14.7. The summed E-state index contributed by atoms with van der Waals surface area (Å²) < 4.78 is 36.2. The molecule has 4 heterocycles. The van der Waals surface area contributed by atoms with E-state index in [9.17, 15) is 13.6 Å². The average Bonchev–Trinajstić information content (AvgIpc) is 3.65. The van der Waals surface area contributed by atoms with Crippen LogP contribution >= 0.6 is 0 Å². The lowest BCUT2D eigenvalue weighted by Crippen LogP contribution is -2.42. The van der Waals surface area contributed by atoms with E-state index in [0.717, 1.165) is 55.0 Å². The summed E-state index contributed by atoms with van der Waals surface area (Å²) in [5, 5.41) is 7.00. The average molecular weight is 523 g/mol. The minimum Gasteiger partial charge on any atom is -0.464 e. The zero-order valence-electron chi connectivity index (χ0n) is 21.1. The summed E-state index contributed by atoms with van der Waals surface area (Å²) >= 11 is 0. The van der Waals surface area contributed by atoms with Gasteiger partial charge < -0.3 is 23.5 Å². The first kappa shape index (κ1) is 25.5. The van der Waals surface area contributed by atoms with Crippen LogP contribution in [0.25, 0.3) is 22.8 Å². The van der Waals surface area contributed by atoms with E-state index in [1.165, 1.54) is 6.20 Å². The van der Waals surface area contributed by atoms with Crippen LogP contribution in [0.15, 0.2) is 63.8 Å². The van der Waals surface area contributed by atoms with Gasteiger partial charge in [0.25, 0.3) is 5.89 Å². The number of carbonyl (C=O) groups is 1. The number of carbonyl (C=O) groups excluding carboxylic acids is 1. The Balaban J connectivity index is 1.41. The van der Waals surface area contributed by atoms with Crippen molar-refractivity contribution in [2.75, 3.05) is 37.0 Å². The molecule has 3 aromatic heterocycles. The van der Waals surface area contributed by atoms with Crippen molar-refractivity contribution in [2.24, 2.45) is 0 Å². The number of piperidine rings is 1. The lowest BCUT2D eigenvalue weighted by molar-refractivity contribution is -0.107. The number of likely N-dealkylation sites (tertiary alicyclic amines) is 1. The molecule has 0 radical (unpaired) electrons. The minimum atomic E-state index is -2.84. The van der Waals surface area contributed by atoms with Gasteiger partial charge in [-0.1, -0.05) is 0 Å². The Morgan fingerprint density at radius 2 is 1.89 bits per heavy atom. The van der Waals surface area contributed by atoms with E-state index in [-0.39, 0.29) is 12.4 Å². The number of nitrogens with zero attached hydrogens (tertiary/aromatic N) is 6. The number of hydrogen-bond donors (Lipinski definition) is 0. The molecule has 198 valence electrons. The number of hydrogen-bond acceptors (Lipinski definition) is 8. The molecular weight excluding hydrogens is 494 g/mol. The number of halogens is 2. The number of furan rings is 1. The highest BCUT2D eigenvalue weighted by molar-refractivity contribution is 5.86. The maximum absolute atomic E-state index is 12.8. The molecule has 1 saturated heterocycles. The molecule has 1 amide bonds. The van der Waals surface area contributed by atoms with Gasteiger partial charge in [0.2, 0.25) is 12.3 Å². The smallest absolute Gasteiger partial charge is 0.314 e. The number of aromatic nitrogens is 3. The van der Waals surface area contributed by atoms with Gasteiger partial charge in [-0.05, 0) is 75.4 Å². The van der Waals surface area contributed by atoms with Gasteiger partial charge in [0.05, 0.1) is 35.4 Å². The molecule has 0 N–H and O–H groups in total. The number of alkyl halides is 2. The van der Waals surface area contributed by atoms with Crippen LogP contribution in [-0.2, 0) is 11.3 Å². The number of rotatable bonds is 9. The SMILES string of the molecule is CN1CCC(N(C)c2cc(-c3ccco3)ccc2N(C=O)Cc2ccc(-c3nnc(C(F)F)o3)cn2)CC1. The van der Waals surface area contributed by atoms with Crippen LogP contribution in [0.5, 0.6) is 0 Å². The molecule has 1 aliphatic rings. The van der Waals surface area contributed by atoms with Crippen molar-refractivity contribution >= 4 is 17.8 Å². The van der Waals surface area contributed by atoms with Crippen molar-refractivity contribution in [3.05, 3.63) is 66.5 Å². The molecule has 0 saturated carbocycles. The number of amides is 1. The molecular formula is C27H28F2N6O3. The van der Waals surface area contributed by atoms with Gasteiger partial charge in [0.15, 0.2) is 0 Å². The van der Waals surface area contributed by atoms with E-state index in [4.69, 9.17) is 8.83 Å². The highest BCUT2D eigenvalue weighted by Crippen LogP contribution is 2.36. The molecule has 1 aliphatic heterocycles. The fourth-order valence-corrected chi connectivity index (χ4v) is 4.66. The summed E-state index contributed by atoms with van der Waals surface area (Å²) in [6.45, 7) is 2.23. The van der Waals surface area contributed by atoms with Crippen LogP contribution < -0.4 is 9.80 Å². The highest BCUT2D eigenvalue weighted by Gasteiger charge is 2.25. The topological polar surface area (TPSA) is 91.7 Å².